The van der Waals surface area contributed by atoms with Crippen LogP contribution in [0.5, 0.6) is 11.5 Å². The van der Waals surface area contributed by atoms with Crippen LogP contribution >= 0.6 is 0 Å². The van der Waals surface area contributed by atoms with E-state index in [1.807, 2.05) is 18.2 Å². The van der Waals surface area contributed by atoms with Crippen LogP contribution in [0.25, 0.3) is 0 Å². The summed E-state index contributed by atoms with van der Waals surface area (Å²) in [5.74, 6) is 1.97. The van der Waals surface area contributed by atoms with Gasteiger partial charge in [-0.25, -0.2) is 13.2 Å². The summed E-state index contributed by atoms with van der Waals surface area (Å²) >= 11 is 0. The number of hydrogen-bond donors (Lipinski definition) is 1. The van der Waals surface area contributed by atoms with Gasteiger partial charge < -0.3 is 14.4 Å². The monoisotopic (exact) mass is 551 g/mol. The Balaban J connectivity index is 1.73. The van der Waals surface area contributed by atoms with Crippen LogP contribution in [-0.2, 0) is 10.0 Å². The van der Waals surface area contributed by atoms with Crippen LogP contribution < -0.4 is 14.3 Å². The number of methoxy groups -OCH3 is 2. The van der Waals surface area contributed by atoms with Gasteiger partial charge in [0.1, 0.15) is 0 Å². The normalized spacial score (nSPS) is 14.5. The van der Waals surface area contributed by atoms with Gasteiger partial charge in [0, 0.05) is 18.7 Å². The first kappa shape index (κ1) is 32.3. The number of unbranched alkanes of at least 4 members (excludes halogenated alkanes) is 13. The highest BCUT2D eigenvalue weighted by atomic mass is 32.2. The molecule has 0 radical (unpaired) electrons. The highest BCUT2D eigenvalue weighted by Crippen LogP contribution is 2.28. The number of hydrazone groups is 1. The fraction of sp³-hybridized carbons (Fsp3) is 0.767. The number of ether oxygens (including phenoxy) is 2. The number of hydrogen-bond acceptors (Lipinski definition) is 5. The summed E-state index contributed by atoms with van der Waals surface area (Å²) in [4.78, 5) is 4.67. The van der Waals surface area contributed by atoms with Crippen molar-refractivity contribution in [2.75, 3.05) is 33.1 Å². The molecule has 0 saturated carbocycles. The van der Waals surface area contributed by atoms with Gasteiger partial charge in [0.2, 0.25) is 10.0 Å². The SMILES string of the molecule is CCCCCCCCCCCCCCCCS(=O)(=O)NN=C(c1ccc(OC)c(OC)c1)N1CCCCC1. The first-order valence-electron chi connectivity index (χ1n) is 15.0. The van der Waals surface area contributed by atoms with Crippen molar-refractivity contribution in [3.63, 3.8) is 0 Å². The highest BCUT2D eigenvalue weighted by molar-refractivity contribution is 7.89. The maximum absolute atomic E-state index is 12.7. The van der Waals surface area contributed by atoms with Crippen LogP contribution in [0.1, 0.15) is 122 Å². The largest absolute Gasteiger partial charge is 0.493 e. The van der Waals surface area contributed by atoms with Gasteiger partial charge in [0.15, 0.2) is 17.3 Å². The van der Waals surface area contributed by atoms with Gasteiger partial charge in [-0.05, 0) is 43.9 Å². The van der Waals surface area contributed by atoms with Crippen LogP contribution in [0.2, 0.25) is 0 Å². The van der Waals surface area contributed by atoms with Crippen LogP contribution in [0.15, 0.2) is 23.3 Å². The van der Waals surface area contributed by atoms with E-state index < -0.39 is 10.0 Å². The average Bonchev–Trinajstić information content (AvgIpc) is 2.93. The molecule has 1 aliphatic rings. The molecule has 0 unspecified atom stereocenters. The molecule has 38 heavy (non-hydrogen) atoms. The Morgan fingerprint density at radius 3 is 1.84 bits per heavy atom. The molecule has 0 aromatic heterocycles. The molecule has 7 nitrogen and oxygen atoms in total. The van der Waals surface area contributed by atoms with E-state index in [0.717, 1.165) is 44.3 Å². The third kappa shape index (κ3) is 12.7. The first-order valence-corrected chi connectivity index (χ1v) is 16.7. The molecule has 1 aliphatic heterocycles. The molecule has 1 heterocycles. The highest BCUT2D eigenvalue weighted by Gasteiger charge is 2.20. The number of amidine groups is 1. The number of nitrogens with zero attached hydrogens (tertiary/aromatic N) is 2. The zero-order chi connectivity index (χ0) is 27.5. The molecule has 0 aliphatic carbocycles. The zero-order valence-electron chi connectivity index (χ0n) is 24.3. The first-order chi connectivity index (χ1) is 18.5. The summed E-state index contributed by atoms with van der Waals surface area (Å²) in [6.45, 7) is 3.97. The number of likely N-dealkylation sites (tertiary alicyclic amines) is 1. The summed E-state index contributed by atoms with van der Waals surface area (Å²) in [6.07, 6.45) is 20.7. The molecule has 2 rings (SSSR count). The van der Waals surface area contributed by atoms with Gasteiger partial charge in [0.05, 0.1) is 20.0 Å². The second-order valence-electron chi connectivity index (χ2n) is 10.6. The van der Waals surface area contributed by atoms with Crippen molar-refractivity contribution in [1.29, 1.82) is 0 Å². The Morgan fingerprint density at radius 2 is 1.32 bits per heavy atom. The van der Waals surface area contributed by atoms with Gasteiger partial charge in [-0.1, -0.05) is 90.4 Å². The quantitative estimate of drug-likeness (QED) is 0.0799. The summed E-state index contributed by atoms with van der Waals surface area (Å²) in [7, 11) is -0.293. The lowest BCUT2D eigenvalue weighted by Crippen LogP contribution is -2.38. The maximum Gasteiger partial charge on any atom is 0.247 e. The Hall–Kier alpha value is -1.96. The topological polar surface area (TPSA) is 80.2 Å². The third-order valence-corrected chi connectivity index (χ3v) is 8.55. The number of rotatable bonds is 20. The van der Waals surface area contributed by atoms with Gasteiger partial charge in [-0.15, -0.1) is 5.10 Å². The molecular weight excluding hydrogens is 498 g/mol. The molecule has 8 heteroatoms. The standard InChI is InChI=1S/C30H53N3O4S/c1-4-5-6-7-8-9-10-11-12-13-14-15-16-20-25-38(34,35)32-31-30(33-23-18-17-19-24-33)27-21-22-28(36-2)29(26-27)37-3/h21-22,26,32H,4-20,23-25H2,1-3H3. The molecule has 0 atom stereocenters. The van der Waals surface area contributed by atoms with Crippen molar-refractivity contribution in [2.45, 2.75) is 116 Å². The Bertz CT molecular complexity index is 899. The van der Waals surface area contributed by atoms with Crippen molar-refractivity contribution in [1.82, 2.24) is 9.73 Å². The smallest absolute Gasteiger partial charge is 0.247 e. The predicted octanol–water partition coefficient (Wildman–Crippen LogP) is 7.25. The van der Waals surface area contributed by atoms with E-state index in [9.17, 15) is 8.42 Å². The third-order valence-electron chi connectivity index (χ3n) is 7.35. The second-order valence-corrected chi connectivity index (χ2v) is 12.4. The van der Waals surface area contributed by atoms with E-state index in [4.69, 9.17) is 9.47 Å². The second kappa shape index (κ2) is 19.2. The molecule has 1 N–H and O–H groups in total. The van der Waals surface area contributed by atoms with Gasteiger partial charge in [0.25, 0.3) is 0 Å². The molecule has 0 bridgehead atoms. The molecule has 0 amide bonds. The predicted molar refractivity (Wildman–Crippen MR) is 159 cm³/mol. The van der Waals surface area contributed by atoms with Crippen LogP contribution in [0.4, 0.5) is 0 Å². The number of sulfonamides is 1. The maximum atomic E-state index is 12.7. The van der Waals surface area contributed by atoms with Crippen molar-refractivity contribution >= 4 is 15.9 Å². The van der Waals surface area contributed by atoms with Crippen LogP contribution in [0, 0.1) is 0 Å². The van der Waals surface area contributed by atoms with E-state index in [1.165, 1.54) is 77.0 Å². The summed E-state index contributed by atoms with van der Waals surface area (Å²) in [5.41, 5.74) is 0.809. The van der Waals surface area contributed by atoms with Crippen molar-refractivity contribution < 1.29 is 17.9 Å². The molecule has 218 valence electrons. The zero-order valence-corrected chi connectivity index (χ0v) is 25.1. The minimum atomic E-state index is -3.49. The average molecular weight is 552 g/mol. The summed E-state index contributed by atoms with van der Waals surface area (Å²) < 4.78 is 36.2. The lowest BCUT2D eigenvalue weighted by Gasteiger charge is -2.30. The van der Waals surface area contributed by atoms with Gasteiger partial charge >= 0.3 is 0 Å². The van der Waals surface area contributed by atoms with E-state index in [2.05, 4.69) is 21.8 Å². The van der Waals surface area contributed by atoms with Crippen LogP contribution in [-0.4, -0.2) is 52.2 Å². The molecule has 0 spiro atoms. The van der Waals surface area contributed by atoms with E-state index in [-0.39, 0.29) is 5.75 Å². The minimum absolute atomic E-state index is 0.105. The lowest BCUT2D eigenvalue weighted by atomic mass is 10.0. The molecule has 1 aromatic carbocycles. The minimum Gasteiger partial charge on any atom is -0.493 e. The fourth-order valence-corrected chi connectivity index (χ4v) is 5.94. The summed E-state index contributed by atoms with van der Waals surface area (Å²) in [6, 6.07) is 5.58. The molecule has 1 saturated heterocycles. The number of nitrogens with one attached hydrogen (secondary N) is 1. The Morgan fingerprint density at radius 1 is 0.789 bits per heavy atom. The van der Waals surface area contributed by atoms with E-state index in [1.54, 1.807) is 14.2 Å². The molecule has 1 aromatic rings. The fourth-order valence-electron chi connectivity index (χ4n) is 5.04. The Labute approximate surface area is 232 Å². The number of benzene rings is 1. The van der Waals surface area contributed by atoms with Gasteiger partial charge in [-0.3, -0.25) is 0 Å². The van der Waals surface area contributed by atoms with Crippen molar-refractivity contribution in [3.05, 3.63) is 23.8 Å². The Kier molecular flexibility index (Phi) is 16.3. The lowest BCUT2D eigenvalue weighted by molar-refractivity contribution is 0.340. The summed E-state index contributed by atoms with van der Waals surface area (Å²) in [5, 5.41) is 4.41. The van der Waals surface area contributed by atoms with Crippen molar-refractivity contribution in [2.24, 2.45) is 5.10 Å². The van der Waals surface area contributed by atoms with Gasteiger partial charge in [-0.2, -0.15) is 0 Å². The molecule has 1 fully saturated rings. The van der Waals surface area contributed by atoms with E-state index >= 15 is 0 Å². The molecular formula is C30H53N3O4S. The number of piperidine rings is 1. The van der Waals surface area contributed by atoms with Crippen LogP contribution in [0.3, 0.4) is 0 Å². The van der Waals surface area contributed by atoms with E-state index in [0.29, 0.717) is 23.8 Å². The van der Waals surface area contributed by atoms with Crippen molar-refractivity contribution in [3.8, 4) is 11.5 Å².